The Morgan fingerprint density at radius 2 is 2.12 bits per heavy atom. The maximum atomic E-state index is 4.65. The lowest BCUT2D eigenvalue weighted by molar-refractivity contribution is 0.280. The monoisotopic (exact) mass is 352 g/mol. The standard InChI is InChI=1S/C17H32N6S/c1-14(2)15-13-24-16(21-15)12-20-17(18-3)19-6-9-23-8-5-7-22(4)10-11-23/h13-14H,5-12H2,1-4H3,(H2,18,19,20). The zero-order valence-electron chi connectivity index (χ0n) is 15.5. The van der Waals surface area contributed by atoms with Crippen LogP contribution in [0.25, 0.3) is 0 Å². The van der Waals surface area contributed by atoms with Crippen molar-refractivity contribution in [3.8, 4) is 0 Å². The second-order valence-electron chi connectivity index (χ2n) is 6.67. The quantitative estimate of drug-likeness (QED) is 0.601. The van der Waals surface area contributed by atoms with Gasteiger partial charge in [0, 0.05) is 38.6 Å². The molecule has 136 valence electrons. The van der Waals surface area contributed by atoms with Crippen LogP contribution in [0.1, 0.15) is 36.9 Å². The molecule has 6 nitrogen and oxygen atoms in total. The number of guanidine groups is 1. The summed E-state index contributed by atoms with van der Waals surface area (Å²) in [5, 5.41) is 10.0. The summed E-state index contributed by atoms with van der Waals surface area (Å²) >= 11 is 1.71. The van der Waals surface area contributed by atoms with E-state index in [1.807, 2.05) is 7.05 Å². The molecule has 1 aromatic rings. The van der Waals surface area contributed by atoms with Crippen LogP contribution in [0.5, 0.6) is 0 Å². The van der Waals surface area contributed by atoms with E-state index in [0.717, 1.165) is 43.7 Å². The summed E-state index contributed by atoms with van der Waals surface area (Å²) in [6.07, 6.45) is 1.26. The fraction of sp³-hybridized carbons (Fsp3) is 0.765. The molecule has 1 fully saturated rings. The average Bonchev–Trinajstić information content (AvgIpc) is 2.95. The van der Waals surface area contributed by atoms with E-state index < -0.39 is 0 Å². The van der Waals surface area contributed by atoms with Gasteiger partial charge in [-0.3, -0.25) is 4.99 Å². The topological polar surface area (TPSA) is 55.8 Å². The van der Waals surface area contributed by atoms with Crippen molar-refractivity contribution in [2.24, 2.45) is 4.99 Å². The van der Waals surface area contributed by atoms with Gasteiger partial charge in [-0.15, -0.1) is 11.3 Å². The molecule has 1 aromatic heterocycles. The van der Waals surface area contributed by atoms with E-state index in [1.54, 1.807) is 11.3 Å². The van der Waals surface area contributed by atoms with Crippen LogP contribution < -0.4 is 10.6 Å². The van der Waals surface area contributed by atoms with E-state index in [0.29, 0.717) is 5.92 Å². The molecule has 0 radical (unpaired) electrons. The van der Waals surface area contributed by atoms with Gasteiger partial charge in [-0.1, -0.05) is 13.8 Å². The van der Waals surface area contributed by atoms with E-state index in [9.17, 15) is 0 Å². The Morgan fingerprint density at radius 3 is 2.83 bits per heavy atom. The molecule has 1 saturated heterocycles. The molecule has 2 rings (SSSR count). The molecule has 0 saturated carbocycles. The van der Waals surface area contributed by atoms with Crippen LogP contribution >= 0.6 is 11.3 Å². The van der Waals surface area contributed by atoms with E-state index in [1.165, 1.54) is 25.2 Å². The summed E-state index contributed by atoms with van der Waals surface area (Å²) in [4.78, 5) is 13.9. The molecule has 0 spiro atoms. The summed E-state index contributed by atoms with van der Waals surface area (Å²) in [7, 11) is 4.02. The molecular weight excluding hydrogens is 320 g/mol. The van der Waals surface area contributed by atoms with E-state index in [-0.39, 0.29) is 0 Å². The molecule has 0 unspecified atom stereocenters. The Kier molecular flexibility index (Phi) is 7.94. The third-order valence-corrected chi connectivity index (χ3v) is 5.19. The lowest BCUT2D eigenvalue weighted by atomic mass is 10.2. The molecule has 1 aliphatic rings. The van der Waals surface area contributed by atoms with Gasteiger partial charge < -0.3 is 20.4 Å². The second-order valence-corrected chi connectivity index (χ2v) is 7.61. The Balaban J connectivity index is 1.68. The highest BCUT2D eigenvalue weighted by Crippen LogP contribution is 2.17. The molecule has 2 heterocycles. The van der Waals surface area contributed by atoms with Crippen LogP contribution in [0.15, 0.2) is 10.4 Å². The van der Waals surface area contributed by atoms with Gasteiger partial charge >= 0.3 is 0 Å². The molecular formula is C17H32N6S. The summed E-state index contributed by atoms with van der Waals surface area (Å²) in [5.74, 6) is 1.34. The smallest absolute Gasteiger partial charge is 0.191 e. The number of nitrogens with one attached hydrogen (secondary N) is 2. The summed E-state index contributed by atoms with van der Waals surface area (Å²) in [5.41, 5.74) is 1.17. The number of aromatic nitrogens is 1. The Bertz CT molecular complexity index is 513. The molecule has 0 bridgehead atoms. The summed E-state index contributed by atoms with van der Waals surface area (Å²) in [6, 6.07) is 0. The zero-order chi connectivity index (χ0) is 17.4. The van der Waals surface area contributed by atoms with Crippen LogP contribution in [0.4, 0.5) is 0 Å². The minimum atomic E-state index is 0.486. The molecule has 24 heavy (non-hydrogen) atoms. The van der Waals surface area contributed by atoms with Gasteiger partial charge in [0.05, 0.1) is 12.2 Å². The van der Waals surface area contributed by atoms with Crippen molar-refractivity contribution in [1.82, 2.24) is 25.4 Å². The third kappa shape index (κ3) is 6.37. The first-order chi connectivity index (χ1) is 11.6. The van der Waals surface area contributed by atoms with Gasteiger partial charge in [-0.2, -0.15) is 0 Å². The predicted molar refractivity (Wildman–Crippen MR) is 103 cm³/mol. The van der Waals surface area contributed by atoms with Crippen molar-refractivity contribution in [2.75, 3.05) is 53.4 Å². The highest BCUT2D eigenvalue weighted by Gasteiger charge is 2.11. The molecule has 7 heteroatoms. The maximum Gasteiger partial charge on any atom is 0.191 e. The number of nitrogens with zero attached hydrogens (tertiary/aromatic N) is 4. The minimum absolute atomic E-state index is 0.486. The van der Waals surface area contributed by atoms with Gasteiger partial charge in [-0.05, 0) is 32.5 Å². The predicted octanol–water partition coefficient (Wildman–Crippen LogP) is 1.57. The van der Waals surface area contributed by atoms with Crippen LogP contribution in [0, 0.1) is 0 Å². The van der Waals surface area contributed by atoms with Crippen molar-refractivity contribution in [2.45, 2.75) is 32.7 Å². The Labute approximate surface area is 150 Å². The fourth-order valence-corrected chi connectivity index (χ4v) is 3.60. The number of rotatable bonds is 6. The second kappa shape index (κ2) is 9.96. The van der Waals surface area contributed by atoms with E-state index in [2.05, 4.69) is 56.7 Å². The van der Waals surface area contributed by atoms with E-state index >= 15 is 0 Å². The van der Waals surface area contributed by atoms with Crippen LogP contribution in [-0.2, 0) is 6.54 Å². The number of aliphatic imine (C=N–C) groups is 1. The summed E-state index contributed by atoms with van der Waals surface area (Å²) in [6.45, 7) is 11.8. The van der Waals surface area contributed by atoms with Crippen molar-refractivity contribution < 1.29 is 0 Å². The average molecular weight is 353 g/mol. The highest BCUT2D eigenvalue weighted by molar-refractivity contribution is 7.09. The number of likely N-dealkylation sites (N-methyl/N-ethyl adjacent to an activating group) is 1. The zero-order valence-corrected chi connectivity index (χ0v) is 16.3. The number of hydrogen-bond donors (Lipinski definition) is 2. The lowest BCUT2D eigenvalue weighted by Gasteiger charge is -2.20. The Hall–Kier alpha value is -1.18. The minimum Gasteiger partial charge on any atom is -0.355 e. The van der Waals surface area contributed by atoms with Gasteiger partial charge in [0.2, 0.25) is 0 Å². The third-order valence-electron chi connectivity index (χ3n) is 4.32. The first-order valence-electron chi connectivity index (χ1n) is 8.88. The largest absolute Gasteiger partial charge is 0.355 e. The van der Waals surface area contributed by atoms with Crippen LogP contribution in [-0.4, -0.2) is 74.1 Å². The van der Waals surface area contributed by atoms with Crippen molar-refractivity contribution in [1.29, 1.82) is 0 Å². The molecule has 2 N–H and O–H groups in total. The highest BCUT2D eigenvalue weighted by atomic mass is 32.1. The molecule has 0 aliphatic carbocycles. The first-order valence-corrected chi connectivity index (χ1v) is 9.76. The fourth-order valence-electron chi connectivity index (χ4n) is 2.71. The van der Waals surface area contributed by atoms with Gasteiger partial charge in [0.15, 0.2) is 5.96 Å². The molecule has 0 amide bonds. The van der Waals surface area contributed by atoms with Gasteiger partial charge in [0.1, 0.15) is 5.01 Å². The SMILES string of the molecule is CN=C(NCCN1CCCN(C)CC1)NCc1nc(C(C)C)cs1. The van der Waals surface area contributed by atoms with Crippen molar-refractivity contribution in [3.05, 3.63) is 16.1 Å². The number of hydrogen-bond acceptors (Lipinski definition) is 5. The summed E-state index contributed by atoms with van der Waals surface area (Å²) < 4.78 is 0. The van der Waals surface area contributed by atoms with Crippen molar-refractivity contribution >= 4 is 17.3 Å². The maximum absolute atomic E-state index is 4.65. The molecule has 0 atom stereocenters. The van der Waals surface area contributed by atoms with Crippen LogP contribution in [0.3, 0.4) is 0 Å². The van der Waals surface area contributed by atoms with Crippen LogP contribution in [0.2, 0.25) is 0 Å². The van der Waals surface area contributed by atoms with Gasteiger partial charge in [0.25, 0.3) is 0 Å². The van der Waals surface area contributed by atoms with Gasteiger partial charge in [-0.25, -0.2) is 4.98 Å². The lowest BCUT2D eigenvalue weighted by Crippen LogP contribution is -2.42. The van der Waals surface area contributed by atoms with Crippen molar-refractivity contribution in [3.63, 3.8) is 0 Å². The number of thiazole rings is 1. The molecule has 0 aromatic carbocycles. The Morgan fingerprint density at radius 1 is 1.29 bits per heavy atom. The first kappa shape index (κ1) is 19.1. The van der Waals surface area contributed by atoms with E-state index in [4.69, 9.17) is 0 Å². The molecule has 1 aliphatic heterocycles. The normalized spacial score (nSPS) is 18.0.